The molecule has 0 aromatic heterocycles. The number of carbonyl (C=O) groups is 1. The van der Waals surface area contributed by atoms with E-state index in [0.717, 1.165) is 24.1 Å². The van der Waals surface area contributed by atoms with E-state index >= 15 is 0 Å². The van der Waals surface area contributed by atoms with E-state index in [2.05, 4.69) is 17.6 Å². The van der Waals surface area contributed by atoms with Gasteiger partial charge in [-0.25, -0.2) is 0 Å². The molecule has 4 heteroatoms. The third-order valence-corrected chi connectivity index (χ3v) is 2.54. The first-order chi connectivity index (χ1) is 6.56. The number of thiocarbonyl (C=S) groups is 1. The highest BCUT2D eigenvalue weighted by Gasteiger charge is 2.24. The first kappa shape index (κ1) is 11.2. The Hall–Kier alpha value is -0.900. The molecule has 0 saturated heterocycles. The Labute approximate surface area is 89.9 Å². The molecule has 0 bridgehead atoms. The fourth-order valence-electron chi connectivity index (χ4n) is 1.78. The highest BCUT2D eigenvalue weighted by atomic mass is 32.1. The molecule has 78 valence electrons. The van der Waals surface area contributed by atoms with Gasteiger partial charge >= 0.3 is 0 Å². The zero-order valence-corrected chi connectivity index (χ0v) is 9.62. The quantitative estimate of drug-likeness (QED) is 0.696. The van der Waals surface area contributed by atoms with Crippen LogP contribution in [0, 0.1) is 0 Å². The standard InChI is InChI=1S/C10H16N2OS/c1-4-5-8-9(7(3)13)6(2)11-10(14)12-8/h8H,4-5H2,1-3H3,(H2,11,12,14)/t8-/m1/s1. The summed E-state index contributed by atoms with van der Waals surface area (Å²) in [5.41, 5.74) is 1.72. The van der Waals surface area contributed by atoms with E-state index in [4.69, 9.17) is 12.2 Å². The fourth-order valence-corrected chi connectivity index (χ4v) is 2.08. The molecule has 1 aliphatic heterocycles. The second-order valence-electron chi connectivity index (χ2n) is 3.53. The van der Waals surface area contributed by atoms with E-state index in [1.54, 1.807) is 6.92 Å². The van der Waals surface area contributed by atoms with Crippen molar-refractivity contribution in [2.24, 2.45) is 0 Å². The van der Waals surface area contributed by atoms with Crippen LogP contribution in [-0.2, 0) is 4.79 Å². The molecule has 0 amide bonds. The molecule has 0 saturated carbocycles. The van der Waals surface area contributed by atoms with E-state index in [-0.39, 0.29) is 11.8 Å². The Morgan fingerprint density at radius 3 is 2.71 bits per heavy atom. The van der Waals surface area contributed by atoms with Crippen LogP contribution >= 0.6 is 12.2 Å². The van der Waals surface area contributed by atoms with Crippen molar-refractivity contribution in [3.05, 3.63) is 11.3 Å². The van der Waals surface area contributed by atoms with Crippen LogP contribution in [0.15, 0.2) is 11.3 Å². The summed E-state index contributed by atoms with van der Waals surface area (Å²) in [6, 6.07) is 0.0891. The summed E-state index contributed by atoms with van der Waals surface area (Å²) in [6.07, 6.45) is 1.97. The van der Waals surface area contributed by atoms with Gasteiger partial charge < -0.3 is 10.6 Å². The molecule has 0 radical (unpaired) electrons. The van der Waals surface area contributed by atoms with Gasteiger partial charge in [0.2, 0.25) is 0 Å². The van der Waals surface area contributed by atoms with Crippen LogP contribution in [0.4, 0.5) is 0 Å². The molecule has 0 spiro atoms. The predicted molar refractivity (Wildman–Crippen MR) is 60.9 cm³/mol. The molecular weight excluding hydrogens is 196 g/mol. The number of hydrogen-bond donors (Lipinski definition) is 2. The highest BCUT2D eigenvalue weighted by Crippen LogP contribution is 2.16. The second kappa shape index (κ2) is 4.55. The van der Waals surface area contributed by atoms with E-state index in [9.17, 15) is 4.79 Å². The van der Waals surface area contributed by atoms with Crippen molar-refractivity contribution in [1.29, 1.82) is 0 Å². The molecule has 1 rings (SSSR count). The van der Waals surface area contributed by atoms with Crippen LogP contribution in [0.1, 0.15) is 33.6 Å². The maximum Gasteiger partial charge on any atom is 0.171 e. The van der Waals surface area contributed by atoms with Gasteiger partial charge in [0, 0.05) is 11.3 Å². The summed E-state index contributed by atoms with van der Waals surface area (Å²) in [7, 11) is 0. The van der Waals surface area contributed by atoms with Crippen molar-refractivity contribution in [3.63, 3.8) is 0 Å². The summed E-state index contributed by atoms with van der Waals surface area (Å²) in [6.45, 7) is 5.59. The molecule has 1 atom stereocenters. The third kappa shape index (κ3) is 2.32. The van der Waals surface area contributed by atoms with Gasteiger partial charge in [0.25, 0.3) is 0 Å². The van der Waals surface area contributed by atoms with Crippen molar-refractivity contribution in [3.8, 4) is 0 Å². The Balaban J connectivity index is 2.96. The SMILES string of the molecule is CCC[C@H]1NC(=S)NC(C)=C1C(C)=O. The van der Waals surface area contributed by atoms with Crippen molar-refractivity contribution < 1.29 is 4.79 Å². The number of nitrogens with one attached hydrogen (secondary N) is 2. The summed E-state index contributed by atoms with van der Waals surface area (Å²) >= 11 is 5.05. The van der Waals surface area contributed by atoms with E-state index in [1.807, 2.05) is 6.92 Å². The molecule has 14 heavy (non-hydrogen) atoms. The van der Waals surface area contributed by atoms with Crippen LogP contribution in [-0.4, -0.2) is 16.9 Å². The smallest absolute Gasteiger partial charge is 0.171 e. The molecule has 0 fully saturated rings. The van der Waals surface area contributed by atoms with Crippen molar-refractivity contribution in [2.75, 3.05) is 0 Å². The normalized spacial score (nSPS) is 21.6. The first-order valence-electron chi connectivity index (χ1n) is 4.85. The lowest BCUT2D eigenvalue weighted by Gasteiger charge is -2.29. The van der Waals surface area contributed by atoms with Gasteiger partial charge in [0.1, 0.15) is 0 Å². The number of ketones is 1. The van der Waals surface area contributed by atoms with Gasteiger partial charge in [-0.05, 0) is 32.5 Å². The average Bonchev–Trinajstić information content (AvgIpc) is 2.01. The van der Waals surface area contributed by atoms with Gasteiger partial charge in [-0.2, -0.15) is 0 Å². The second-order valence-corrected chi connectivity index (χ2v) is 3.94. The Morgan fingerprint density at radius 2 is 2.21 bits per heavy atom. The molecule has 0 unspecified atom stereocenters. The molecule has 3 nitrogen and oxygen atoms in total. The van der Waals surface area contributed by atoms with Crippen LogP contribution in [0.2, 0.25) is 0 Å². The van der Waals surface area contributed by atoms with Crippen molar-refractivity contribution in [2.45, 2.75) is 39.7 Å². The Bertz CT molecular complexity index is 296. The zero-order valence-electron chi connectivity index (χ0n) is 8.81. The highest BCUT2D eigenvalue weighted by molar-refractivity contribution is 7.80. The van der Waals surface area contributed by atoms with E-state index in [0.29, 0.717) is 5.11 Å². The molecule has 1 aliphatic rings. The average molecular weight is 212 g/mol. The topological polar surface area (TPSA) is 41.1 Å². The Kier molecular flexibility index (Phi) is 3.63. The maximum atomic E-state index is 11.4. The maximum absolute atomic E-state index is 11.4. The van der Waals surface area contributed by atoms with Gasteiger partial charge in [-0.15, -0.1) is 0 Å². The molecular formula is C10H16N2OS. The number of carbonyl (C=O) groups excluding carboxylic acids is 1. The van der Waals surface area contributed by atoms with Crippen LogP contribution in [0.5, 0.6) is 0 Å². The fraction of sp³-hybridized carbons (Fsp3) is 0.600. The van der Waals surface area contributed by atoms with Crippen LogP contribution < -0.4 is 10.6 Å². The Morgan fingerprint density at radius 1 is 1.57 bits per heavy atom. The summed E-state index contributed by atoms with van der Waals surface area (Å²) in [4.78, 5) is 11.4. The van der Waals surface area contributed by atoms with Gasteiger partial charge in [-0.3, -0.25) is 4.79 Å². The largest absolute Gasteiger partial charge is 0.355 e. The van der Waals surface area contributed by atoms with Crippen LogP contribution in [0.25, 0.3) is 0 Å². The molecule has 2 N–H and O–H groups in total. The molecule has 1 heterocycles. The van der Waals surface area contributed by atoms with E-state index in [1.165, 1.54) is 0 Å². The monoisotopic (exact) mass is 212 g/mol. The van der Waals surface area contributed by atoms with Gasteiger partial charge in [0.05, 0.1) is 6.04 Å². The lowest BCUT2D eigenvalue weighted by atomic mass is 9.96. The number of Topliss-reactive ketones (excluding diaryl/α,β-unsaturated/α-hetero) is 1. The minimum atomic E-state index is 0.0891. The summed E-state index contributed by atoms with van der Waals surface area (Å²) in [5.74, 6) is 0.114. The summed E-state index contributed by atoms with van der Waals surface area (Å²) < 4.78 is 0. The van der Waals surface area contributed by atoms with Gasteiger partial charge in [0.15, 0.2) is 10.9 Å². The summed E-state index contributed by atoms with van der Waals surface area (Å²) in [5, 5.41) is 6.72. The first-order valence-corrected chi connectivity index (χ1v) is 5.26. The minimum absolute atomic E-state index is 0.0891. The van der Waals surface area contributed by atoms with Gasteiger partial charge in [-0.1, -0.05) is 13.3 Å². The van der Waals surface area contributed by atoms with E-state index < -0.39 is 0 Å². The van der Waals surface area contributed by atoms with Crippen molar-refractivity contribution >= 4 is 23.1 Å². The third-order valence-electron chi connectivity index (χ3n) is 2.32. The lowest BCUT2D eigenvalue weighted by Crippen LogP contribution is -2.49. The molecule has 0 aromatic rings. The molecule has 0 aliphatic carbocycles. The number of rotatable bonds is 3. The molecule has 0 aromatic carbocycles. The predicted octanol–water partition coefficient (Wildman–Crippen LogP) is 1.50. The number of allylic oxidation sites excluding steroid dienone is 1. The van der Waals surface area contributed by atoms with Crippen LogP contribution in [0.3, 0.4) is 0 Å². The lowest BCUT2D eigenvalue weighted by molar-refractivity contribution is -0.114. The number of hydrogen-bond acceptors (Lipinski definition) is 2. The zero-order chi connectivity index (χ0) is 10.7. The minimum Gasteiger partial charge on any atom is -0.355 e. The van der Waals surface area contributed by atoms with Crippen molar-refractivity contribution in [1.82, 2.24) is 10.6 Å².